The van der Waals surface area contributed by atoms with Crippen LogP contribution < -0.4 is 0 Å². The van der Waals surface area contributed by atoms with Crippen molar-refractivity contribution in [3.05, 3.63) is 0 Å². The summed E-state index contributed by atoms with van der Waals surface area (Å²) in [6.07, 6.45) is 37.4. The Morgan fingerprint density at radius 1 is 0.314 bits per heavy atom. The van der Waals surface area contributed by atoms with Crippen molar-refractivity contribution in [1.82, 2.24) is 0 Å². The molecule has 0 N–H and O–H groups in total. The average molecular weight is 497 g/mol. The molecule has 0 bridgehead atoms. The predicted molar refractivity (Wildman–Crippen MR) is 157 cm³/mol. The molecule has 0 aliphatic rings. The smallest absolute Gasteiger partial charge is 0.157 e. The number of rotatable bonds is 31. The molecule has 0 saturated carbocycles. The quantitative estimate of drug-likeness (QED) is 0.0701. The van der Waals surface area contributed by atoms with Crippen molar-refractivity contribution in [3.8, 4) is 0 Å². The third kappa shape index (κ3) is 30.0. The van der Waals surface area contributed by atoms with Crippen LogP contribution in [-0.4, -0.2) is 19.5 Å². The van der Waals surface area contributed by atoms with Gasteiger partial charge in [-0.25, -0.2) is 0 Å². The van der Waals surface area contributed by atoms with Crippen molar-refractivity contribution in [2.24, 2.45) is 0 Å². The maximum Gasteiger partial charge on any atom is 0.157 e. The molecule has 0 aliphatic carbocycles. The van der Waals surface area contributed by atoms with Crippen LogP contribution in [0.15, 0.2) is 0 Å². The van der Waals surface area contributed by atoms with Gasteiger partial charge in [-0.05, 0) is 19.3 Å². The van der Waals surface area contributed by atoms with Crippen LogP contribution in [0.25, 0.3) is 0 Å². The van der Waals surface area contributed by atoms with Gasteiger partial charge in [0, 0.05) is 13.2 Å². The molecule has 0 atom stereocenters. The maximum absolute atomic E-state index is 5.98. The summed E-state index contributed by atoms with van der Waals surface area (Å²) in [6, 6.07) is 0. The highest BCUT2D eigenvalue weighted by Crippen LogP contribution is 2.14. The zero-order chi connectivity index (χ0) is 25.5. The van der Waals surface area contributed by atoms with E-state index in [1.54, 1.807) is 0 Å². The van der Waals surface area contributed by atoms with Crippen LogP contribution in [-0.2, 0) is 9.47 Å². The molecule has 0 aromatic rings. The Labute approximate surface area is 223 Å². The molecular weight excluding hydrogens is 428 g/mol. The largest absolute Gasteiger partial charge is 0.353 e. The Kier molecular flexibility index (Phi) is 31.9. The zero-order valence-corrected chi connectivity index (χ0v) is 24.9. The fourth-order valence-electron chi connectivity index (χ4n) is 4.95. The van der Waals surface area contributed by atoms with E-state index in [2.05, 4.69) is 20.8 Å². The van der Waals surface area contributed by atoms with Crippen LogP contribution in [0.3, 0.4) is 0 Å². The molecule has 0 fully saturated rings. The van der Waals surface area contributed by atoms with Crippen molar-refractivity contribution >= 4 is 0 Å². The summed E-state index contributed by atoms with van der Waals surface area (Å²) in [5.41, 5.74) is 0. The topological polar surface area (TPSA) is 18.5 Å². The highest BCUT2D eigenvalue weighted by Gasteiger charge is 2.06. The van der Waals surface area contributed by atoms with Gasteiger partial charge in [0.05, 0.1) is 0 Å². The maximum atomic E-state index is 5.98. The highest BCUT2D eigenvalue weighted by molar-refractivity contribution is 4.51. The van der Waals surface area contributed by atoms with E-state index < -0.39 is 0 Å². The molecule has 0 unspecified atom stereocenters. The van der Waals surface area contributed by atoms with E-state index in [9.17, 15) is 0 Å². The monoisotopic (exact) mass is 497 g/mol. The van der Waals surface area contributed by atoms with E-state index in [1.165, 1.54) is 167 Å². The van der Waals surface area contributed by atoms with Crippen LogP contribution in [0.2, 0.25) is 0 Å². The van der Waals surface area contributed by atoms with E-state index in [-0.39, 0.29) is 6.29 Å². The third-order valence-corrected chi connectivity index (χ3v) is 7.44. The van der Waals surface area contributed by atoms with Gasteiger partial charge in [0.25, 0.3) is 0 Å². The van der Waals surface area contributed by atoms with Crippen molar-refractivity contribution in [3.63, 3.8) is 0 Å². The molecule has 2 heteroatoms. The SMILES string of the molecule is CCCCCCCCCCCCCCCOC(CC)OCCCCCCCCCCCCCCC. The van der Waals surface area contributed by atoms with Gasteiger partial charge in [-0.1, -0.05) is 175 Å². The molecule has 0 aromatic heterocycles. The summed E-state index contributed by atoms with van der Waals surface area (Å²) < 4.78 is 12.0. The summed E-state index contributed by atoms with van der Waals surface area (Å²) in [5.74, 6) is 0. The minimum Gasteiger partial charge on any atom is -0.353 e. The van der Waals surface area contributed by atoms with Gasteiger partial charge >= 0.3 is 0 Å². The number of hydrogen-bond donors (Lipinski definition) is 0. The average Bonchev–Trinajstić information content (AvgIpc) is 2.87. The number of hydrogen-bond acceptors (Lipinski definition) is 2. The van der Waals surface area contributed by atoms with Crippen LogP contribution in [0.5, 0.6) is 0 Å². The van der Waals surface area contributed by atoms with Crippen LogP contribution in [0, 0.1) is 0 Å². The van der Waals surface area contributed by atoms with Gasteiger partial charge in [0.1, 0.15) is 0 Å². The fourth-order valence-corrected chi connectivity index (χ4v) is 4.95. The fraction of sp³-hybridized carbons (Fsp3) is 1.00. The van der Waals surface area contributed by atoms with Gasteiger partial charge < -0.3 is 9.47 Å². The van der Waals surface area contributed by atoms with E-state index in [1.807, 2.05) is 0 Å². The lowest BCUT2D eigenvalue weighted by molar-refractivity contribution is -0.144. The molecule has 0 amide bonds. The molecule has 0 aromatic carbocycles. The zero-order valence-electron chi connectivity index (χ0n) is 24.9. The lowest BCUT2D eigenvalue weighted by atomic mass is 10.0. The Morgan fingerprint density at radius 2 is 0.543 bits per heavy atom. The summed E-state index contributed by atoms with van der Waals surface area (Å²) >= 11 is 0. The minimum absolute atomic E-state index is 0.0182. The molecular formula is C33H68O2. The predicted octanol–water partition coefficient (Wildman–Crippen LogP) is 11.9. The normalized spacial score (nSPS) is 11.7. The molecule has 212 valence electrons. The van der Waals surface area contributed by atoms with Gasteiger partial charge in [-0.2, -0.15) is 0 Å². The Balaban J connectivity index is 3.25. The molecule has 0 saturated heterocycles. The van der Waals surface area contributed by atoms with Crippen molar-refractivity contribution < 1.29 is 9.47 Å². The second-order valence-electron chi connectivity index (χ2n) is 11.1. The van der Waals surface area contributed by atoms with E-state index >= 15 is 0 Å². The van der Waals surface area contributed by atoms with Crippen LogP contribution >= 0.6 is 0 Å². The third-order valence-electron chi connectivity index (χ3n) is 7.44. The number of unbranched alkanes of at least 4 members (excludes halogenated alkanes) is 24. The molecule has 0 heterocycles. The Bertz CT molecular complexity index is 325. The summed E-state index contributed by atoms with van der Waals surface area (Å²) in [6.45, 7) is 8.51. The van der Waals surface area contributed by atoms with Crippen molar-refractivity contribution in [2.75, 3.05) is 13.2 Å². The second-order valence-corrected chi connectivity index (χ2v) is 11.1. The summed E-state index contributed by atoms with van der Waals surface area (Å²) in [4.78, 5) is 0. The van der Waals surface area contributed by atoms with Crippen molar-refractivity contribution in [1.29, 1.82) is 0 Å². The lowest BCUT2D eigenvalue weighted by Gasteiger charge is -2.17. The van der Waals surface area contributed by atoms with Gasteiger partial charge in [0.15, 0.2) is 6.29 Å². The minimum atomic E-state index is 0.0182. The first-order valence-corrected chi connectivity index (χ1v) is 16.6. The molecule has 2 nitrogen and oxygen atoms in total. The molecule has 0 aliphatic heterocycles. The van der Waals surface area contributed by atoms with E-state index in [0.29, 0.717) is 0 Å². The van der Waals surface area contributed by atoms with Crippen LogP contribution in [0.1, 0.15) is 194 Å². The summed E-state index contributed by atoms with van der Waals surface area (Å²) in [5, 5.41) is 0. The first-order valence-electron chi connectivity index (χ1n) is 16.6. The highest BCUT2D eigenvalue weighted by atomic mass is 16.7. The van der Waals surface area contributed by atoms with Crippen molar-refractivity contribution in [2.45, 2.75) is 200 Å². The van der Waals surface area contributed by atoms with Gasteiger partial charge in [0.2, 0.25) is 0 Å². The van der Waals surface area contributed by atoms with Gasteiger partial charge in [-0.15, -0.1) is 0 Å². The second kappa shape index (κ2) is 31.9. The Hall–Kier alpha value is -0.0800. The van der Waals surface area contributed by atoms with Crippen LogP contribution in [0.4, 0.5) is 0 Å². The summed E-state index contributed by atoms with van der Waals surface area (Å²) in [7, 11) is 0. The van der Waals surface area contributed by atoms with Gasteiger partial charge in [-0.3, -0.25) is 0 Å². The molecule has 0 spiro atoms. The first-order chi connectivity index (χ1) is 17.3. The van der Waals surface area contributed by atoms with E-state index in [0.717, 1.165) is 19.6 Å². The number of ether oxygens (including phenoxy) is 2. The lowest BCUT2D eigenvalue weighted by Crippen LogP contribution is -2.17. The Morgan fingerprint density at radius 3 is 0.771 bits per heavy atom. The standard InChI is InChI=1S/C33H68O2/c1-4-7-9-11-13-15-17-19-21-23-25-27-29-31-34-33(6-3)35-32-30-28-26-24-22-20-18-16-14-12-10-8-5-2/h33H,4-32H2,1-3H3. The first kappa shape index (κ1) is 34.9. The molecule has 35 heavy (non-hydrogen) atoms. The molecule has 0 radical (unpaired) electrons. The van der Waals surface area contributed by atoms with E-state index in [4.69, 9.17) is 9.47 Å². The molecule has 0 rings (SSSR count).